The van der Waals surface area contributed by atoms with E-state index in [1.165, 1.54) is 0 Å². The third kappa shape index (κ3) is 2.53. The van der Waals surface area contributed by atoms with Gasteiger partial charge < -0.3 is 5.32 Å². The molecule has 0 spiro atoms. The van der Waals surface area contributed by atoms with Gasteiger partial charge in [-0.1, -0.05) is 6.08 Å². The minimum Gasteiger partial charge on any atom is -0.385 e. The minimum absolute atomic E-state index is 0.239. The molecule has 0 aromatic rings. The van der Waals surface area contributed by atoms with Crippen LogP contribution in [0.3, 0.4) is 0 Å². The smallest absolute Gasteiger partial charge is 0.157 e. The van der Waals surface area contributed by atoms with Crippen LogP contribution in [0.1, 0.15) is 26.2 Å². The molecule has 1 unspecified atom stereocenters. The van der Waals surface area contributed by atoms with Crippen LogP contribution in [0.2, 0.25) is 0 Å². The highest BCUT2D eigenvalue weighted by atomic mass is 16.1. The quantitative estimate of drug-likeness (QED) is 0.643. The van der Waals surface area contributed by atoms with Crippen molar-refractivity contribution in [2.24, 2.45) is 0 Å². The number of carbonyl (C=O) groups is 1. The van der Waals surface area contributed by atoms with E-state index in [9.17, 15) is 4.79 Å². The Morgan fingerprint density at radius 1 is 1.75 bits per heavy atom. The first-order valence-electron chi connectivity index (χ1n) is 4.33. The van der Waals surface area contributed by atoms with Gasteiger partial charge in [0.15, 0.2) is 5.78 Å². The molecule has 0 bridgehead atoms. The molecule has 2 heteroatoms. The molecule has 1 aliphatic rings. The van der Waals surface area contributed by atoms with Crippen molar-refractivity contribution >= 4 is 5.78 Å². The zero-order valence-corrected chi connectivity index (χ0v) is 7.47. The molecule has 0 radical (unpaired) electrons. The molecule has 2 nitrogen and oxygen atoms in total. The van der Waals surface area contributed by atoms with Crippen molar-refractivity contribution in [2.45, 2.75) is 32.2 Å². The number of carbonyl (C=O) groups excluding carboxylic acids is 1. The van der Waals surface area contributed by atoms with E-state index in [2.05, 4.69) is 18.8 Å². The summed E-state index contributed by atoms with van der Waals surface area (Å²) in [4.78, 5) is 10.9. The summed E-state index contributed by atoms with van der Waals surface area (Å²) in [7, 11) is 0. The molecule has 0 aromatic carbocycles. The van der Waals surface area contributed by atoms with Crippen molar-refractivity contribution in [3.05, 3.63) is 24.4 Å². The van der Waals surface area contributed by atoms with Gasteiger partial charge in [-0.05, 0) is 19.8 Å². The van der Waals surface area contributed by atoms with Gasteiger partial charge in [-0.3, -0.25) is 4.79 Å². The predicted molar refractivity (Wildman–Crippen MR) is 49.7 cm³/mol. The maximum atomic E-state index is 10.9. The molecule has 0 heterocycles. The maximum absolute atomic E-state index is 10.9. The van der Waals surface area contributed by atoms with E-state index >= 15 is 0 Å². The zero-order chi connectivity index (χ0) is 8.97. The molecular weight excluding hydrogens is 150 g/mol. The average Bonchev–Trinajstić information content (AvgIpc) is 2.36. The van der Waals surface area contributed by atoms with Gasteiger partial charge in [0.2, 0.25) is 0 Å². The van der Waals surface area contributed by atoms with Gasteiger partial charge in [-0.25, -0.2) is 0 Å². The molecule has 1 N–H and O–H groups in total. The van der Waals surface area contributed by atoms with Crippen molar-refractivity contribution in [1.29, 1.82) is 0 Å². The highest BCUT2D eigenvalue weighted by Crippen LogP contribution is 2.12. The predicted octanol–water partition coefficient (Wildman–Crippen LogP) is 1.79. The lowest BCUT2D eigenvalue weighted by Gasteiger charge is -2.13. The molecule has 66 valence electrons. The lowest BCUT2D eigenvalue weighted by Crippen LogP contribution is -2.23. The van der Waals surface area contributed by atoms with Gasteiger partial charge in [-0.2, -0.15) is 0 Å². The summed E-state index contributed by atoms with van der Waals surface area (Å²) in [6, 6.07) is 0.389. The fourth-order valence-corrected chi connectivity index (χ4v) is 1.34. The topological polar surface area (TPSA) is 29.1 Å². The lowest BCUT2D eigenvalue weighted by atomic mass is 10.2. The first kappa shape index (κ1) is 9.04. The molecule has 0 saturated heterocycles. The Bertz CT molecular complexity index is 218. The van der Waals surface area contributed by atoms with Crippen LogP contribution in [0.4, 0.5) is 0 Å². The van der Waals surface area contributed by atoms with Crippen LogP contribution in [-0.2, 0) is 4.79 Å². The molecule has 1 rings (SSSR count). The van der Waals surface area contributed by atoms with Crippen LogP contribution in [0.5, 0.6) is 0 Å². The summed E-state index contributed by atoms with van der Waals surface area (Å²) in [5, 5.41) is 3.28. The normalized spacial score (nSPS) is 18.8. The molecule has 0 aliphatic heterocycles. The minimum atomic E-state index is 0.239. The summed E-state index contributed by atoms with van der Waals surface area (Å²) in [5.41, 5.74) is 1.08. The summed E-state index contributed by atoms with van der Waals surface area (Å²) in [6.45, 7) is 5.75. The second kappa shape index (κ2) is 4.10. The molecule has 0 saturated carbocycles. The van der Waals surface area contributed by atoms with Gasteiger partial charge in [0.1, 0.15) is 0 Å². The Hall–Kier alpha value is -1.05. The molecular formula is C10H15NO. The largest absolute Gasteiger partial charge is 0.385 e. The SMILES string of the molecule is C=CCC(C)NC1=CC(=O)CC1. The first-order valence-corrected chi connectivity index (χ1v) is 4.33. The van der Waals surface area contributed by atoms with E-state index in [1.54, 1.807) is 6.08 Å². The second-order valence-electron chi connectivity index (χ2n) is 3.21. The third-order valence-electron chi connectivity index (χ3n) is 1.93. The van der Waals surface area contributed by atoms with E-state index in [1.807, 2.05) is 6.08 Å². The van der Waals surface area contributed by atoms with Crippen molar-refractivity contribution in [3.63, 3.8) is 0 Å². The molecule has 1 aliphatic carbocycles. The standard InChI is InChI=1S/C10H15NO/c1-3-4-8(2)11-9-5-6-10(12)7-9/h3,7-8,11H,1,4-6H2,2H3. The Labute approximate surface area is 73.4 Å². The maximum Gasteiger partial charge on any atom is 0.157 e. The van der Waals surface area contributed by atoms with Crippen molar-refractivity contribution in [3.8, 4) is 0 Å². The summed E-state index contributed by atoms with van der Waals surface area (Å²) < 4.78 is 0. The van der Waals surface area contributed by atoms with E-state index in [-0.39, 0.29) is 5.78 Å². The molecule has 0 aromatic heterocycles. The average molecular weight is 165 g/mol. The monoisotopic (exact) mass is 165 g/mol. The van der Waals surface area contributed by atoms with Crippen LogP contribution in [0.25, 0.3) is 0 Å². The van der Waals surface area contributed by atoms with E-state index < -0.39 is 0 Å². The highest BCUT2D eigenvalue weighted by Gasteiger charge is 2.12. The molecule has 0 fully saturated rings. The Morgan fingerprint density at radius 2 is 2.50 bits per heavy atom. The number of hydrogen-bond donors (Lipinski definition) is 1. The van der Waals surface area contributed by atoms with Crippen molar-refractivity contribution < 1.29 is 4.79 Å². The van der Waals surface area contributed by atoms with Crippen LogP contribution in [0.15, 0.2) is 24.4 Å². The van der Waals surface area contributed by atoms with Gasteiger partial charge in [0.25, 0.3) is 0 Å². The molecule has 12 heavy (non-hydrogen) atoms. The number of hydrogen-bond acceptors (Lipinski definition) is 2. The van der Waals surface area contributed by atoms with Crippen molar-refractivity contribution in [2.75, 3.05) is 0 Å². The number of allylic oxidation sites excluding steroid dienone is 2. The van der Waals surface area contributed by atoms with Gasteiger partial charge in [-0.15, -0.1) is 6.58 Å². The number of ketones is 1. The van der Waals surface area contributed by atoms with Gasteiger partial charge >= 0.3 is 0 Å². The van der Waals surface area contributed by atoms with Crippen molar-refractivity contribution in [1.82, 2.24) is 5.32 Å². The Balaban J connectivity index is 2.36. The number of rotatable bonds is 4. The Kier molecular flexibility index (Phi) is 3.09. The van der Waals surface area contributed by atoms with Crippen LogP contribution >= 0.6 is 0 Å². The van der Waals surface area contributed by atoms with Crippen LogP contribution < -0.4 is 5.32 Å². The van der Waals surface area contributed by atoms with Crippen LogP contribution in [-0.4, -0.2) is 11.8 Å². The summed E-state index contributed by atoms with van der Waals surface area (Å²) in [5.74, 6) is 0.239. The fraction of sp³-hybridized carbons (Fsp3) is 0.500. The fourth-order valence-electron chi connectivity index (χ4n) is 1.34. The lowest BCUT2D eigenvalue weighted by molar-refractivity contribution is -0.114. The summed E-state index contributed by atoms with van der Waals surface area (Å²) >= 11 is 0. The first-order chi connectivity index (χ1) is 5.72. The third-order valence-corrected chi connectivity index (χ3v) is 1.93. The van der Waals surface area contributed by atoms with Gasteiger partial charge in [0, 0.05) is 24.2 Å². The van der Waals surface area contributed by atoms with E-state index in [0.29, 0.717) is 12.5 Å². The zero-order valence-electron chi connectivity index (χ0n) is 7.47. The highest BCUT2D eigenvalue weighted by molar-refractivity contribution is 5.92. The number of nitrogens with one attached hydrogen (secondary N) is 1. The van der Waals surface area contributed by atoms with E-state index in [0.717, 1.165) is 18.5 Å². The second-order valence-corrected chi connectivity index (χ2v) is 3.21. The molecule has 1 atom stereocenters. The van der Waals surface area contributed by atoms with Gasteiger partial charge in [0.05, 0.1) is 0 Å². The van der Waals surface area contributed by atoms with Crippen LogP contribution in [0, 0.1) is 0 Å². The Morgan fingerprint density at radius 3 is 3.00 bits per heavy atom. The molecule has 0 amide bonds. The van der Waals surface area contributed by atoms with E-state index in [4.69, 9.17) is 0 Å². The summed E-state index contributed by atoms with van der Waals surface area (Å²) in [6.07, 6.45) is 6.07.